The molecule has 1 amide bonds. The molecule has 0 aliphatic carbocycles. The molecule has 0 aliphatic heterocycles. The number of thiophene rings is 1. The molecule has 0 bridgehead atoms. The fraction of sp³-hybridized carbons (Fsp3) is 0.600. The Morgan fingerprint density at radius 3 is 2.57 bits per heavy atom. The average Bonchev–Trinajstić information content (AvgIpc) is 2.87. The molecule has 0 unspecified atom stereocenters. The monoisotopic (exact) mass is 516 g/mol. The second-order valence-corrected chi connectivity index (χ2v) is 7.82. The van der Waals surface area contributed by atoms with E-state index in [4.69, 9.17) is 0 Å². The number of carbonyl (C=O) groups is 1. The van der Waals surface area contributed by atoms with Gasteiger partial charge in [-0.2, -0.15) is 0 Å². The number of aliphatic imine (C=N–C) groups is 1. The summed E-state index contributed by atoms with van der Waals surface area (Å²) in [6.45, 7) is 3.95. The quantitative estimate of drug-likeness (QED) is 0.261. The topological polar surface area (TPSA) is 47.9 Å². The summed E-state index contributed by atoms with van der Waals surface area (Å²) in [4.78, 5) is 21.0. The van der Waals surface area contributed by atoms with E-state index in [0.29, 0.717) is 0 Å². The van der Waals surface area contributed by atoms with Crippen LogP contribution in [-0.2, 0) is 11.3 Å². The number of nitrogens with zero attached hydrogens (tertiary/aromatic N) is 3. The number of nitrogens with one attached hydrogen (secondary N) is 1. The van der Waals surface area contributed by atoms with Crippen LogP contribution in [0.4, 0.5) is 0 Å². The van der Waals surface area contributed by atoms with Crippen molar-refractivity contribution in [2.75, 3.05) is 34.2 Å². The Balaban J connectivity index is 0.00000484. The van der Waals surface area contributed by atoms with Gasteiger partial charge >= 0.3 is 0 Å². The maximum Gasteiger partial charge on any atom is 0.243 e. The molecule has 0 atom stereocenters. The van der Waals surface area contributed by atoms with Crippen LogP contribution >= 0.6 is 51.2 Å². The average molecular weight is 517 g/mol. The normalized spacial score (nSPS) is 10.9. The fourth-order valence-electron chi connectivity index (χ4n) is 1.72. The van der Waals surface area contributed by atoms with Gasteiger partial charge < -0.3 is 15.1 Å². The summed E-state index contributed by atoms with van der Waals surface area (Å²) in [6.07, 6.45) is 2.21. The van der Waals surface area contributed by atoms with Gasteiger partial charge in [0.1, 0.15) is 6.54 Å². The summed E-state index contributed by atoms with van der Waals surface area (Å²) in [5.41, 5.74) is 0. The smallest absolute Gasteiger partial charge is 0.243 e. The summed E-state index contributed by atoms with van der Waals surface area (Å²) in [5.74, 6) is 0.773. The third-order valence-corrected chi connectivity index (χ3v) is 4.67. The first-order valence-corrected chi connectivity index (χ1v) is 8.98. The molecule has 1 rings (SSSR count). The molecular formula is C15H26BrIN4OS. The first kappa shape index (κ1) is 22.6. The van der Waals surface area contributed by atoms with Gasteiger partial charge in [0.25, 0.3) is 0 Å². The van der Waals surface area contributed by atoms with Gasteiger partial charge in [0.2, 0.25) is 5.91 Å². The van der Waals surface area contributed by atoms with Gasteiger partial charge in [-0.15, -0.1) is 35.3 Å². The van der Waals surface area contributed by atoms with Crippen LogP contribution in [0.15, 0.2) is 20.9 Å². The molecule has 0 radical (unpaired) electrons. The Kier molecular flexibility index (Phi) is 11.9. The highest BCUT2D eigenvalue weighted by molar-refractivity contribution is 14.0. The van der Waals surface area contributed by atoms with Gasteiger partial charge in [-0.1, -0.05) is 13.3 Å². The zero-order chi connectivity index (χ0) is 16.5. The standard InChI is InChI=1S/C15H25BrN4OS.HI/c1-5-6-9-17-15(18-10-14(21)19(2)3)20(4)11-12-7-8-13(16)22-12;/h7-8H,5-6,9-11H2,1-4H3,(H,17,18);1H. The number of carbonyl (C=O) groups excluding carboxylic acids is 1. The van der Waals surface area contributed by atoms with Crippen molar-refractivity contribution in [3.05, 3.63) is 20.8 Å². The van der Waals surface area contributed by atoms with Gasteiger partial charge in [0.05, 0.1) is 10.3 Å². The lowest BCUT2D eigenvalue weighted by Gasteiger charge is -2.22. The lowest BCUT2D eigenvalue weighted by molar-refractivity contribution is -0.127. The lowest BCUT2D eigenvalue weighted by atomic mass is 10.3. The SMILES string of the molecule is CCCCNC(=NCC(=O)N(C)C)N(C)Cc1ccc(Br)s1.I. The minimum Gasteiger partial charge on any atom is -0.356 e. The summed E-state index contributed by atoms with van der Waals surface area (Å²) in [6, 6.07) is 4.14. The first-order valence-electron chi connectivity index (χ1n) is 7.37. The molecule has 132 valence electrons. The van der Waals surface area contributed by atoms with Gasteiger partial charge in [0.15, 0.2) is 5.96 Å². The third-order valence-electron chi connectivity index (χ3n) is 3.06. The predicted octanol–water partition coefficient (Wildman–Crippen LogP) is 3.39. The molecule has 1 aromatic rings. The summed E-state index contributed by atoms with van der Waals surface area (Å²) < 4.78 is 1.12. The Hall–Kier alpha value is -0.350. The summed E-state index contributed by atoms with van der Waals surface area (Å²) in [7, 11) is 5.48. The fourth-order valence-corrected chi connectivity index (χ4v) is 3.25. The van der Waals surface area contributed by atoms with E-state index in [2.05, 4.69) is 44.1 Å². The highest BCUT2D eigenvalue weighted by Crippen LogP contribution is 2.22. The van der Waals surface area contributed by atoms with Crippen molar-refractivity contribution in [1.29, 1.82) is 0 Å². The van der Waals surface area contributed by atoms with E-state index in [1.165, 1.54) is 4.88 Å². The number of hydrogen-bond donors (Lipinski definition) is 1. The largest absolute Gasteiger partial charge is 0.356 e. The van der Waals surface area contributed by atoms with Crippen LogP contribution in [0.1, 0.15) is 24.6 Å². The highest BCUT2D eigenvalue weighted by Gasteiger charge is 2.10. The second-order valence-electron chi connectivity index (χ2n) is 5.27. The summed E-state index contributed by atoms with van der Waals surface area (Å²) >= 11 is 5.19. The van der Waals surface area contributed by atoms with Crippen LogP contribution in [0, 0.1) is 0 Å². The molecular weight excluding hydrogens is 491 g/mol. The molecule has 8 heteroatoms. The Labute approximate surface area is 168 Å². The van der Waals surface area contributed by atoms with Crippen molar-refractivity contribution in [1.82, 2.24) is 15.1 Å². The van der Waals surface area contributed by atoms with E-state index in [1.807, 2.05) is 13.1 Å². The van der Waals surface area contributed by atoms with Gasteiger partial charge in [0, 0.05) is 32.6 Å². The van der Waals surface area contributed by atoms with Gasteiger partial charge in [-0.05, 0) is 34.5 Å². The molecule has 23 heavy (non-hydrogen) atoms. The maximum atomic E-state index is 11.7. The number of likely N-dealkylation sites (N-methyl/N-ethyl adjacent to an activating group) is 1. The van der Waals surface area contributed by atoms with Crippen molar-refractivity contribution in [2.45, 2.75) is 26.3 Å². The zero-order valence-electron chi connectivity index (χ0n) is 14.1. The number of guanidine groups is 1. The first-order chi connectivity index (χ1) is 10.4. The summed E-state index contributed by atoms with van der Waals surface area (Å²) in [5, 5.41) is 3.34. The molecule has 0 aliphatic rings. The van der Waals surface area contributed by atoms with E-state index in [0.717, 1.165) is 35.7 Å². The molecule has 1 N–H and O–H groups in total. The molecule has 0 aromatic carbocycles. The Bertz CT molecular complexity index is 507. The molecule has 0 saturated heterocycles. The van der Waals surface area contributed by atoms with Crippen molar-refractivity contribution in [2.24, 2.45) is 4.99 Å². The van der Waals surface area contributed by atoms with Gasteiger partial charge in [-0.3, -0.25) is 4.79 Å². The third kappa shape index (κ3) is 8.90. The molecule has 5 nitrogen and oxygen atoms in total. The minimum atomic E-state index is 0. The number of hydrogen-bond acceptors (Lipinski definition) is 3. The van der Waals surface area contributed by atoms with Crippen molar-refractivity contribution in [3.8, 4) is 0 Å². The van der Waals surface area contributed by atoms with Crippen LogP contribution in [0.3, 0.4) is 0 Å². The van der Waals surface area contributed by atoms with E-state index < -0.39 is 0 Å². The number of amides is 1. The maximum absolute atomic E-state index is 11.7. The van der Waals surface area contributed by atoms with Crippen LogP contribution in [-0.4, -0.2) is 55.9 Å². The number of halogens is 2. The van der Waals surface area contributed by atoms with Gasteiger partial charge in [-0.25, -0.2) is 4.99 Å². The highest BCUT2D eigenvalue weighted by atomic mass is 127. The molecule has 1 heterocycles. The zero-order valence-corrected chi connectivity index (χ0v) is 18.9. The van der Waals surface area contributed by atoms with Crippen LogP contribution in [0.2, 0.25) is 0 Å². The van der Waals surface area contributed by atoms with E-state index in [1.54, 1.807) is 30.3 Å². The van der Waals surface area contributed by atoms with Crippen LogP contribution in [0.5, 0.6) is 0 Å². The molecule has 0 saturated carbocycles. The number of unbranched alkanes of at least 4 members (excludes halogenated alkanes) is 1. The van der Waals surface area contributed by atoms with E-state index >= 15 is 0 Å². The second kappa shape index (κ2) is 12.1. The van der Waals surface area contributed by atoms with Crippen molar-refractivity contribution >= 4 is 63.1 Å². The number of rotatable bonds is 7. The Morgan fingerprint density at radius 2 is 2.04 bits per heavy atom. The van der Waals surface area contributed by atoms with Crippen LogP contribution < -0.4 is 5.32 Å². The van der Waals surface area contributed by atoms with Crippen molar-refractivity contribution in [3.63, 3.8) is 0 Å². The van der Waals surface area contributed by atoms with E-state index in [-0.39, 0.29) is 36.4 Å². The lowest BCUT2D eigenvalue weighted by Crippen LogP contribution is -2.39. The van der Waals surface area contributed by atoms with Crippen LogP contribution in [0.25, 0.3) is 0 Å². The molecule has 0 spiro atoms. The molecule has 1 aromatic heterocycles. The molecule has 0 fully saturated rings. The van der Waals surface area contributed by atoms with Crippen molar-refractivity contribution < 1.29 is 4.79 Å². The Morgan fingerprint density at radius 1 is 1.35 bits per heavy atom. The predicted molar refractivity (Wildman–Crippen MR) is 113 cm³/mol. The van der Waals surface area contributed by atoms with E-state index in [9.17, 15) is 4.79 Å². The minimum absolute atomic E-state index is 0.